The second-order valence-electron chi connectivity index (χ2n) is 23.8. The highest BCUT2D eigenvalue weighted by atomic mass is 14.7. The lowest BCUT2D eigenvalue weighted by Crippen LogP contribution is -2.15. The predicted octanol–water partition coefficient (Wildman–Crippen LogP) is 19.3. The molecular weight excluding hydrogens is 891 g/mol. The number of nitrogens with zero attached hydrogens (tertiary/aromatic N) is 1. The lowest BCUT2D eigenvalue weighted by atomic mass is 9.79. The Hall–Kier alpha value is -8.13. The smallest absolute Gasteiger partial charge is 0.0792 e. The van der Waals surface area contributed by atoms with E-state index in [9.17, 15) is 0 Å². The normalized spacial score (nSPS) is 16.0. The largest absolute Gasteiger partial charge is 0.256 e. The van der Waals surface area contributed by atoms with E-state index in [1.807, 2.05) is 6.20 Å². The van der Waals surface area contributed by atoms with Crippen LogP contribution in [-0.4, -0.2) is 4.98 Å². The van der Waals surface area contributed by atoms with Crippen molar-refractivity contribution in [1.82, 2.24) is 4.98 Å². The second-order valence-corrected chi connectivity index (χ2v) is 23.8. The zero-order valence-electron chi connectivity index (χ0n) is 43.5. The molecule has 74 heavy (non-hydrogen) atoms. The molecule has 0 spiro atoms. The lowest BCUT2D eigenvalue weighted by molar-refractivity contribution is 0.659. The molecule has 1 heterocycles. The maximum atomic E-state index is 5.27. The molecule has 10 aromatic carbocycles. The Labute approximate surface area is 435 Å². The van der Waals surface area contributed by atoms with Gasteiger partial charge in [0, 0.05) is 38.8 Å². The Bertz CT molecular complexity index is 3970. The van der Waals surface area contributed by atoms with Gasteiger partial charge < -0.3 is 0 Å². The average molecular weight is 948 g/mol. The molecule has 0 radical (unpaired) electrons. The average Bonchev–Trinajstić information content (AvgIpc) is 4.00. The number of benzene rings is 10. The molecule has 0 unspecified atom stereocenters. The standard InChI is InChI=1S/C73H57N/c1-70(2)59-21-13-11-16-48(59)50-29-23-42(36-61(50)70)44-25-31-52-54-33-27-46(40-65(54)72(5,6)63(52)38-44)67-56-18-9-10-19-57(56)68(69-58(67)20-15-35-74-69)47-28-34-55-53-32-26-45(39-64(53)73(7,8)66(55)41-47)43-24-30-51-49-17-12-14-22-60(49)71(3,4)62(51)37-43/h9-41H,1-8H3. The van der Waals surface area contributed by atoms with Crippen molar-refractivity contribution in [3.05, 3.63) is 245 Å². The molecule has 0 saturated heterocycles. The molecule has 0 amide bonds. The first-order chi connectivity index (χ1) is 35.7. The van der Waals surface area contributed by atoms with Gasteiger partial charge in [-0.3, -0.25) is 4.98 Å². The third-order valence-electron chi connectivity index (χ3n) is 18.5. The summed E-state index contributed by atoms with van der Waals surface area (Å²) in [5, 5.41) is 3.64. The molecule has 0 bridgehead atoms. The molecule has 0 N–H and O–H groups in total. The molecule has 4 aliphatic carbocycles. The van der Waals surface area contributed by atoms with Gasteiger partial charge in [-0.25, -0.2) is 0 Å². The zero-order valence-corrected chi connectivity index (χ0v) is 43.5. The zero-order chi connectivity index (χ0) is 50.2. The van der Waals surface area contributed by atoms with Crippen LogP contribution in [0.1, 0.15) is 99.9 Å². The molecule has 0 fully saturated rings. The molecule has 0 atom stereocenters. The van der Waals surface area contributed by atoms with Gasteiger partial charge in [-0.2, -0.15) is 0 Å². The minimum absolute atomic E-state index is 0.0426. The summed E-state index contributed by atoms with van der Waals surface area (Å²) in [5.74, 6) is 0. The van der Waals surface area contributed by atoms with Gasteiger partial charge in [0.05, 0.1) is 5.52 Å². The summed E-state index contributed by atoms with van der Waals surface area (Å²) >= 11 is 0. The van der Waals surface area contributed by atoms with Crippen LogP contribution < -0.4 is 0 Å². The fourth-order valence-corrected chi connectivity index (χ4v) is 14.5. The third-order valence-corrected chi connectivity index (χ3v) is 18.5. The van der Waals surface area contributed by atoms with Crippen LogP contribution in [-0.2, 0) is 21.7 Å². The molecule has 0 aliphatic heterocycles. The molecular formula is C73H57N. The van der Waals surface area contributed by atoms with Crippen molar-refractivity contribution in [3.63, 3.8) is 0 Å². The Morgan fingerprint density at radius 2 is 0.527 bits per heavy atom. The fourth-order valence-electron chi connectivity index (χ4n) is 14.5. The highest BCUT2D eigenvalue weighted by Gasteiger charge is 2.40. The number of rotatable bonds is 4. The number of aromatic nitrogens is 1. The SMILES string of the molecule is CC1(C)c2ccccc2-c2ccc(-c3ccc4c(c3)C(C)(C)c3cc(-c5c6ccccc6c(-c6ccc7c(c6)C(C)(C)c6cc(-c8ccc9c(c8)C(C)(C)c8ccccc8-9)ccc6-7)c6ncccc56)ccc3-4)cc21. The van der Waals surface area contributed by atoms with E-state index in [0.29, 0.717) is 0 Å². The van der Waals surface area contributed by atoms with Gasteiger partial charge in [0.25, 0.3) is 0 Å². The van der Waals surface area contributed by atoms with Gasteiger partial charge in [-0.1, -0.05) is 207 Å². The molecule has 4 aliphatic rings. The first kappa shape index (κ1) is 43.5. The topological polar surface area (TPSA) is 12.9 Å². The van der Waals surface area contributed by atoms with E-state index in [1.165, 1.54) is 150 Å². The summed E-state index contributed by atoms with van der Waals surface area (Å²) in [7, 11) is 0. The highest BCUT2D eigenvalue weighted by Crippen LogP contribution is 2.56. The van der Waals surface area contributed by atoms with Crippen LogP contribution in [0.5, 0.6) is 0 Å². The van der Waals surface area contributed by atoms with E-state index in [1.54, 1.807) is 0 Å². The second kappa shape index (κ2) is 14.8. The monoisotopic (exact) mass is 947 g/mol. The Morgan fingerprint density at radius 3 is 0.932 bits per heavy atom. The van der Waals surface area contributed by atoms with E-state index < -0.39 is 0 Å². The first-order valence-electron chi connectivity index (χ1n) is 26.6. The van der Waals surface area contributed by atoms with Gasteiger partial charge in [0.15, 0.2) is 0 Å². The van der Waals surface area contributed by atoms with E-state index in [0.717, 1.165) is 5.52 Å². The van der Waals surface area contributed by atoms with Crippen molar-refractivity contribution in [2.45, 2.75) is 77.0 Å². The summed E-state index contributed by atoms with van der Waals surface area (Å²) in [6.07, 6.45) is 1.97. The summed E-state index contributed by atoms with van der Waals surface area (Å²) in [6.45, 7) is 19.1. The lowest BCUT2D eigenvalue weighted by Gasteiger charge is -2.24. The van der Waals surface area contributed by atoms with Crippen LogP contribution in [0.2, 0.25) is 0 Å². The van der Waals surface area contributed by atoms with Crippen LogP contribution in [0.25, 0.3) is 111 Å². The van der Waals surface area contributed by atoms with Gasteiger partial charge in [-0.15, -0.1) is 0 Å². The molecule has 1 aromatic heterocycles. The van der Waals surface area contributed by atoms with Crippen molar-refractivity contribution in [3.8, 4) is 89.0 Å². The Balaban J connectivity index is 0.800. The van der Waals surface area contributed by atoms with Crippen molar-refractivity contribution >= 4 is 21.7 Å². The van der Waals surface area contributed by atoms with Crippen LogP contribution in [0.15, 0.2) is 200 Å². The third kappa shape index (κ3) is 5.73. The molecule has 15 rings (SSSR count). The molecule has 0 saturated carbocycles. The van der Waals surface area contributed by atoms with Gasteiger partial charge in [0.1, 0.15) is 0 Å². The Morgan fingerprint density at radius 1 is 0.243 bits per heavy atom. The summed E-state index contributed by atoms with van der Waals surface area (Å²) < 4.78 is 0. The van der Waals surface area contributed by atoms with Crippen molar-refractivity contribution in [2.75, 3.05) is 0 Å². The van der Waals surface area contributed by atoms with Gasteiger partial charge in [0.2, 0.25) is 0 Å². The minimum Gasteiger partial charge on any atom is -0.256 e. The van der Waals surface area contributed by atoms with E-state index >= 15 is 0 Å². The van der Waals surface area contributed by atoms with Crippen molar-refractivity contribution < 1.29 is 0 Å². The molecule has 11 aromatic rings. The molecule has 1 heteroatoms. The fraction of sp³-hybridized carbons (Fsp3) is 0.164. The van der Waals surface area contributed by atoms with Crippen LogP contribution >= 0.6 is 0 Å². The number of fused-ring (bicyclic) bond motifs is 14. The van der Waals surface area contributed by atoms with Crippen molar-refractivity contribution in [2.24, 2.45) is 0 Å². The minimum atomic E-state index is -0.206. The van der Waals surface area contributed by atoms with E-state index in [-0.39, 0.29) is 21.7 Å². The summed E-state index contributed by atoms with van der Waals surface area (Å²) in [6, 6.07) is 74.3. The molecule has 354 valence electrons. The number of hydrogen-bond donors (Lipinski definition) is 0. The predicted molar refractivity (Wildman–Crippen MR) is 311 cm³/mol. The van der Waals surface area contributed by atoms with Crippen LogP contribution in [0, 0.1) is 0 Å². The van der Waals surface area contributed by atoms with Crippen LogP contribution in [0.3, 0.4) is 0 Å². The van der Waals surface area contributed by atoms with Gasteiger partial charge >= 0.3 is 0 Å². The maximum Gasteiger partial charge on any atom is 0.0792 e. The van der Waals surface area contributed by atoms with Gasteiger partial charge in [-0.05, 0) is 181 Å². The highest BCUT2D eigenvalue weighted by molar-refractivity contribution is 6.20. The number of hydrogen-bond acceptors (Lipinski definition) is 1. The summed E-state index contributed by atoms with van der Waals surface area (Å²) in [4.78, 5) is 5.27. The number of pyridine rings is 1. The van der Waals surface area contributed by atoms with Crippen molar-refractivity contribution in [1.29, 1.82) is 0 Å². The molecule has 1 nitrogen and oxygen atoms in total. The first-order valence-corrected chi connectivity index (χ1v) is 26.6. The Kier molecular flexibility index (Phi) is 8.67. The van der Waals surface area contributed by atoms with Crippen LogP contribution in [0.4, 0.5) is 0 Å². The van der Waals surface area contributed by atoms with E-state index in [2.05, 4.69) is 250 Å². The maximum absolute atomic E-state index is 5.27. The quantitative estimate of drug-likeness (QED) is 0.160. The van der Waals surface area contributed by atoms with E-state index in [4.69, 9.17) is 4.98 Å². The summed E-state index contributed by atoms with van der Waals surface area (Å²) in [5.41, 5.74) is 32.4.